The molecule has 1 aliphatic carbocycles. The number of anilines is 1. The minimum Gasteiger partial charge on any atom is -0.353 e. The van der Waals surface area contributed by atoms with Crippen LogP contribution in [-0.4, -0.2) is 27.9 Å². The standard InChI is InChI=1S/C13H20BrN3/c1-3-11-9-13(16-10(2)15-11)17(8-7-14)12-5-4-6-12/h9,12H,3-8H2,1-2H3. The molecule has 1 fully saturated rings. The van der Waals surface area contributed by atoms with Crippen LogP contribution in [0.25, 0.3) is 0 Å². The van der Waals surface area contributed by atoms with E-state index in [1.165, 1.54) is 19.3 Å². The Morgan fingerprint density at radius 1 is 1.41 bits per heavy atom. The summed E-state index contributed by atoms with van der Waals surface area (Å²) in [7, 11) is 0. The van der Waals surface area contributed by atoms with Gasteiger partial charge in [0.15, 0.2) is 0 Å². The summed E-state index contributed by atoms with van der Waals surface area (Å²) < 4.78 is 0. The van der Waals surface area contributed by atoms with E-state index in [9.17, 15) is 0 Å². The lowest BCUT2D eigenvalue weighted by Crippen LogP contribution is -2.42. The maximum Gasteiger partial charge on any atom is 0.132 e. The van der Waals surface area contributed by atoms with Crippen molar-refractivity contribution in [1.82, 2.24) is 9.97 Å². The van der Waals surface area contributed by atoms with Gasteiger partial charge >= 0.3 is 0 Å². The Labute approximate surface area is 112 Å². The van der Waals surface area contributed by atoms with Crippen molar-refractivity contribution in [2.45, 2.75) is 45.6 Å². The van der Waals surface area contributed by atoms with Crippen molar-refractivity contribution in [3.05, 3.63) is 17.6 Å². The number of hydrogen-bond acceptors (Lipinski definition) is 3. The second kappa shape index (κ2) is 5.80. The van der Waals surface area contributed by atoms with Crippen LogP contribution in [0, 0.1) is 6.92 Å². The molecular formula is C13H20BrN3. The van der Waals surface area contributed by atoms with Gasteiger partial charge in [-0.15, -0.1) is 0 Å². The molecule has 3 nitrogen and oxygen atoms in total. The average molecular weight is 298 g/mol. The van der Waals surface area contributed by atoms with Crippen LogP contribution in [0.2, 0.25) is 0 Å². The molecular weight excluding hydrogens is 278 g/mol. The summed E-state index contributed by atoms with van der Waals surface area (Å²) in [5.74, 6) is 2.00. The molecule has 0 aliphatic heterocycles. The van der Waals surface area contributed by atoms with Gasteiger partial charge in [0.25, 0.3) is 0 Å². The number of halogens is 1. The zero-order valence-electron chi connectivity index (χ0n) is 10.6. The molecule has 0 amide bonds. The van der Waals surface area contributed by atoms with Gasteiger partial charge in [-0.2, -0.15) is 0 Å². The SMILES string of the molecule is CCc1cc(N(CCBr)C2CCC2)nc(C)n1. The fourth-order valence-electron chi connectivity index (χ4n) is 2.21. The number of aryl methyl sites for hydroxylation is 2. The lowest BCUT2D eigenvalue weighted by Gasteiger charge is -2.38. The molecule has 0 N–H and O–H groups in total. The van der Waals surface area contributed by atoms with Gasteiger partial charge in [-0.1, -0.05) is 22.9 Å². The number of hydrogen-bond donors (Lipinski definition) is 0. The molecule has 94 valence electrons. The highest BCUT2D eigenvalue weighted by Crippen LogP contribution is 2.28. The lowest BCUT2D eigenvalue weighted by atomic mass is 9.91. The van der Waals surface area contributed by atoms with E-state index in [2.05, 4.69) is 43.8 Å². The van der Waals surface area contributed by atoms with Crippen LogP contribution in [0.5, 0.6) is 0 Å². The molecule has 0 radical (unpaired) electrons. The number of alkyl halides is 1. The highest BCUT2D eigenvalue weighted by Gasteiger charge is 2.25. The molecule has 0 unspecified atom stereocenters. The molecule has 17 heavy (non-hydrogen) atoms. The molecule has 0 bridgehead atoms. The largest absolute Gasteiger partial charge is 0.353 e. The zero-order valence-corrected chi connectivity index (χ0v) is 12.2. The first-order valence-corrected chi connectivity index (χ1v) is 7.54. The second-order valence-electron chi connectivity index (χ2n) is 4.59. The van der Waals surface area contributed by atoms with Gasteiger partial charge in [-0.05, 0) is 32.6 Å². The Morgan fingerprint density at radius 2 is 2.18 bits per heavy atom. The van der Waals surface area contributed by atoms with E-state index in [0.29, 0.717) is 6.04 Å². The minimum atomic E-state index is 0.687. The van der Waals surface area contributed by atoms with Crippen molar-refractivity contribution in [1.29, 1.82) is 0 Å². The van der Waals surface area contributed by atoms with Gasteiger partial charge in [0.1, 0.15) is 11.6 Å². The van der Waals surface area contributed by atoms with E-state index < -0.39 is 0 Å². The average Bonchev–Trinajstić information content (AvgIpc) is 2.25. The van der Waals surface area contributed by atoms with Crippen molar-refractivity contribution in [2.24, 2.45) is 0 Å². The molecule has 4 heteroatoms. The van der Waals surface area contributed by atoms with Crippen molar-refractivity contribution in [2.75, 3.05) is 16.8 Å². The van der Waals surface area contributed by atoms with Crippen molar-refractivity contribution in [3.63, 3.8) is 0 Å². The van der Waals surface area contributed by atoms with Crippen molar-refractivity contribution >= 4 is 21.7 Å². The van der Waals surface area contributed by atoms with Crippen molar-refractivity contribution in [3.8, 4) is 0 Å². The number of rotatable bonds is 5. The van der Waals surface area contributed by atoms with Gasteiger partial charge in [-0.25, -0.2) is 9.97 Å². The lowest BCUT2D eigenvalue weighted by molar-refractivity contribution is 0.388. The quantitative estimate of drug-likeness (QED) is 0.782. The van der Waals surface area contributed by atoms with Crippen LogP contribution in [0.3, 0.4) is 0 Å². The fraction of sp³-hybridized carbons (Fsp3) is 0.692. The van der Waals surface area contributed by atoms with Gasteiger partial charge in [0.05, 0.1) is 0 Å². The third-order valence-corrected chi connectivity index (χ3v) is 3.73. The van der Waals surface area contributed by atoms with E-state index in [0.717, 1.165) is 35.6 Å². The molecule has 1 aromatic heterocycles. The third kappa shape index (κ3) is 2.97. The van der Waals surface area contributed by atoms with E-state index in [1.54, 1.807) is 0 Å². The van der Waals surface area contributed by atoms with Crippen LogP contribution < -0.4 is 4.90 Å². The van der Waals surface area contributed by atoms with Crippen LogP contribution in [0.15, 0.2) is 6.07 Å². The number of aromatic nitrogens is 2. The molecule has 0 atom stereocenters. The normalized spacial score (nSPS) is 15.7. The Bertz CT molecular complexity index is 377. The summed E-state index contributed by atoms with van der Waals surface area (Å²) in [5, 5.41) is 0.994. The predicted octanol–water partition coefficient (Wildman–Crippen LogP) is 3.10. The molecule has 1 heterocycles. The van der Waals surface area contributed by atoms with Gasteiger partial charge < -0.3 is 4.90 Å². The summed E-state index contributed by atoms with van der Waals surface area (Å²) in [5.41, 5.74) is 1.14. The minimum absolute atomic E-state index is 0.687. The van der Waals surface area contributed by atoms with E-state index in [-0.39, 0.29) is 0 Å². The Balaban J connectivity index is 2.24. The van der Waals surface area contributed by atoms with Gasteiger partial charge in [0, 0.05) is 29.7 Å². The summed E-state index contributed by atoms with van der Waals surface area (Å²) in [6.45, 7) is 5.16. The smallest absolute Gasteiger partial charge is 0.132 e. The Kier molecular flexibility index (Phi) is 4.37. The molecule has 0 aromatic carbocycles. The predicted molar refractivity (Wildman–Crippen MR) is 74.9 cm³/mol. The van der Waals surface area contributed by atoms with Crippen LogP contribution in [0.1, 0.15) is 37.7 Å². The van der Waals surface area contributed by atoms with Gasteiger partial charge in [-0.3, -0.25) is 0 Å². The third-order valence-electron chi connectivity index (χ3n) is 3.37. The van der Waals surface area contributed by atoms with Gasteiger partial charge in [0.2, 0.25) is 0 Å². The molecule has 0 spiro atoms. The topological polar surface area (TPSA) is 29.0 Å². The first kappa shape index (κ1) is 12.8. The maximum atomic E-state index is 4.60. The first-order valence-electron chi connectivity index (χ1n) is 6.41. The summed E-state index contributed by atoms with van der Waals surface area (Å²) in [6, 6.07) is 2.83. The van der Waals surface area contributed by atoms with E-state index in [4.69, 9.17) is 0 Å². The molecule has 0 saturated heterocycles. The maximum absolute atomic E-state index is 4.60. The summed E-state index contributed by atoms with van der Waals surface area (Å²) in [4.78, 5) is 11.5. The second-order valence-corrected chi connectivity index (χ2v) is 5.38. The molecule has 1 saturated carbocycles. The molecule has 1 aromatic rings. The van der Waals surface area contributed by atoms with Crippen LogP contribution in [-0.2, 0) is 6.42 Å². The summed E-state index contributed by atoms with van der Waals surface area (Å²) in [6.07, 6.45) is 4.94. The van der Waals surface area contributed by atoms with E-state index in [1.807, 2.05) is 6.92 Å². The highest BCUT2D eigenvalue weighted by atomic mass is 79.9. The number of nitrogens with zero attached hydrogens (tertiary/aromatic N) is 3. The summed E-state index contributed by atoms with van der Waals surface area (Å²) >= 11 is 3.54. The van der Waals surface area contributed by atoms with E-state index >= 15 is 0 Å². The Morgan fingerprint density at radius 3 is 2.71 bits per heavy atom. The van der Waals surface area contributed by atoms with Crippen molar-refractivity contribution < 1.29 is 0 Å². The van der Waals surface area contributed by atoms with Crippen LogP contribution in [0.4, 0.5) is 5.82 Å². The molecule has 2 rings (SSSR count). The zero-order chi connectivity index (χ0) is 12.3. The fourth-order valence-corrected chi connectivity index (χ4v) is 2.60. The first-order chi connectivity index (χ1) is 8.24. The highest BCUT2D eigenvalue weighted by molar-refractivity contribution is 9.09. The monoisotopic (exact) mass is 297 g/mol. The molecule has 1 aliphatic rings. The Hall–Kier alpha value is -0.640. The van der Waals surface area contributed by atoms with Crippen LogP contribution >= 0.6 is 15.9 Å².